The van der Waals surface area contributed by atoms with Gasteiger partial charge in [-0.05, 0) is 37.1 Å². The SMILES string of the molecule is CN=C(NCCNC(=O)c1ccco1)NCC1(Sc2ccccc2)CC1.I. The number of hydrogen-bond donors (Lipinski definition) is 3. The number of nitrogens with zero attached hydrogens (tertiary/aromatic N) is 1. The number of aliphatic imine (C=N–C) groups is 1. The third kappa shape index (κ3) is 6.76. The van der Waals surface area contributed by atoms with Crippen LogP contribution in [0.15, 0.2) is 63.0 Å². The van der Waals surface area contributed by atoms with E-state index in [0.717, 1.165) is 12.5 Å². The number of amides is 1. The van der Waals surface area contributed by atoms with E-state index >= 15 is 0 Å². The van der Waals surface area contributed by atoms with Gasteiger partial charge in [-0.3, -0.25) is 9.79 Å². The largest absolute Gasteiger partial charge is 0.459 e. The lowest BCUT2D eigenvalue weighted by molar-refractivity contribution is 0.0926. The Morgan fingerprint density at radius 3 is 2.48 bits per heavy atom. The van der Waals surface area contributed by atoms with E-state index < -0.39 is 0 Å². The van der Waals surface area contributed by atoms with Crippen molar-refractivity contribution in [3.63, 3.8) is 0 Å². The van der Waals surface area contributed by atoms with Crippen molar-refractivity contribution >= 4 is 47.6 Å². The predicted molar refractivity (Wildman–Crippen MR) is 120 cm³/mol. The van der Waals surface area contributed by atoms with Crippen LogP contribution in [0.4, 0.5) is 0 Å². The molecular weight excluding hydrogens is 475 g/mol. The van der Waals surface area contributed by atoms with Gasteiger partial charge in [-0.15, -0.1) is 35.7 Å². The molecule has 0 atom stereocenters. The Balaban J connectivity index is 0.00000261. The number of rotatable bonds is 8. The molecule has 1 amide bonds. The minimum absolute atomic E-state index is 0. The van der Waals surface area contributed by atoms with E-state index in [4.69, 9.17) is 4.42 Å². The molecule has 27 heavy (non-hydrogen) atoms. The summed E-state index contributed by atoms with van der Waals surface area (Å²) in [6.07, 6.45) is 3.89. The molecule has 3 N–H and O–H groups in total. The highest BCUT2D eigenvalue weighted by molar-refractivity contribution is 14.0. The molecule has 146 valence electrons. The fourth-order valence-electron chi connectivity index (χ4n) is 2.51. The van der Waals surface area contributed by atoms with Gasteiger partial charge in [0, 0.05) is 36.3 Å². The maximum Gasteiger partial charge on any atom is 0.287 e. The molecule has 1 heterocycles. The fraction of sp³-hybridized carbons (Fsp3) is 0.368. The first-order chi connectivity index (χ1) is 12.7. The van der Waals surface area contributed by atoms with Crippen LogP contribution in [0.25, 0.3) is 0 Å². The Bertz CT molecular complexity index is 733. The van der Waals surface area contributed by atoms with E-state index in [2.05, 4.69) is 45.2 Å². The molecule has 6 nitrogen and oxygen atoms in total. The lowest BCUT2D eigenvalue weighted by atomic mass is 10.4. The van der Waals surface area contributed by atoms with Crippen LogP contribution < -0.4 is 16.0 Å². The Kier molecular flexibility index (Phi) is 8.49. The molecule has 3 rings (SSSR count). The number of carbonyl (C=O) groups is 1. The van der Waals surface area contributed by atoms with Gasteiger partial charge >= 0.3 is 0 Å². The van der Waals surface area contributed by atoms with Crippen molar-refractivity contribution in [3.8, 4) is 0 Å². The number of furan rings is 1. The summed E-state index contributed by atoms with van der Waals surface area (Å²) < 4.78 is 5.31. The zero-order chi connectivity index (χ0) is 18.2. The average Bonchev–Trinajstić information content (AvgIpc) is 3.20. The zero-order valence-electron chi connectivity index (χ0n) is 15.2. The molecule has 0 unspecified atom stereocenters. The molecule has 1 aliphatic rings. The van der Waals surface area contributed by atoms with Crippen LogP contribution in [0.3, 0.4) is 0 Å². The number of benzene rings is 1. The van der Waals surface area contributed by atoms with Crippen LogP contribution in [0.1, 0.15) is 23.4 Å². The van der Waals surface area contributed by atoms with Crippen molar-refractivity contribution in [2.24, 2.45) is 4.99 Å². The summed E-state index contributed by atoms with van der Waals surface area (Å²) in [5, 5.41) is 9.41. The summed E-state index contributed by atoms with van der Waals surface area (Å²) in [4.78, 5) is 17.3. The maximum absolute atomic E-state index is 11.8. The highest BCUT2D eigenvalue weighted by Crippen LogP contribution is 2.51. The Labute approximate surface area is 181 Å². The number of nitrogens with one attached hydrogen (secondary N) is 3. The Morgan fingerprint density at radius 1 is 1.11 bits per heavy atom. The zero-order valence-corrected chi connectivity index (χ0v) is 18.4. The Morgan fingerprint density at radius 2 is 1.85 bits per heavy atom. The molecule has 8 heteroatoms. The second-order valence-corrected chi connectivity index (χ2v) is 7.73. The number of carbonyl (C=O) groups excluding carboxylic acids is 1. The summed E-state index contributed by atoms with van der Waals surface area (Å²) in [7, 11) is 1.75. The smallest absolute Gasteiger partial charge is 0.287 e. The highest BCUT2D eigenvalue weighted by atomic mass is 127. The van der Waals surface area contributed by atoms with Crippen LogP contribution in [-0.4, -0.2) is 43.3 Å². The van der Waals surface area contributed by atoms with Crippen molar-refractivity contribution in [1.82, 2.24) is 16.0 Å². The minimum Gasteiger partial charge on any atom is -0.459 e. The van der Waals surface area contributed by atoms with E-state index in [0.29, 0.717) is 18.8 Å². The lowest BCUT2D eigenvalue weighted by Gasteiger charge is -2.18. The number of hydrogen-bond acceptors (Lipinski definition) is 4. The van der Waals surface area contributed by atoms with Gasteiger partial charge in [0.15, 0.2) is 11.7 Å². The van der Waals surface area contributed by atoms with Gasteiger partial charge in [-0.25, -0.2) is 0 Å². The molecule has 0 radical (unpaired) electrons. The van der Waals surface area contributed by atoms with E-state index in [9.17, 15) is 4.79 Å². The number of halogens is 1. The first kappa shape index (κ1) is 21.6. The molecule has 1 fully saturated rings. The monoisotopic (exact) mass is 500 g/mol. The number of thioether (sulfide) groups is 1. The van der Waals surface area contributed by atoms with Crippen LogP contribution in [0.5, 0.6) is 0 Å². The summed E-state index contributed by atoms with van der Waals surface area (Å²) in [5.41, 5.74) is 0. The van der Waals surface area contributed by atoms with Crippen LogP contribution in [-0.2, 0) is 0 Å². The topological polar surface area (TPSA) is 78.7 Å². The van der Waals surface area contributed by atoms with Gasteiger partial charge in [0.2, 0.25) is 0 Å². The van der Waals surface area contributed by atoms with Crippen molar-refractivity contribution < 1.29 is 9.21 Å². The van der Waals surface area contributed by atoms with Crippen molar-refractivity contribution in [2.75, 3.05) is 26.7 Å². The fourth-order valence-corrected chi connectivity index (χ4v) is 3.75. The van der Waals surface area contributed by atoms with Gasteiger partial charge in [0.05, 0.1) is 6.26 Å². The van der Waals surface area contributed by atoms with E-state index in [1.54, 1.807) is 19.2 Å². The summed E-state index contributed by atoms with van der Waals surface area (Å²) >= 11 is 1.93. The van der Waals surface area contributed by atoms with E-state index in [1.165, 1.54) is 24.0 Å². The van der Waals surface area contributed by atoms with E-state index in [-0.39, 0.29) is 34.6 Å². The molecule has 0 spiro atoms. The molecule has 1 aromatic heterocycles. The predicted octanol–water partition coefficient (Wildman–Crippen LogP) is 3.12. The first-order valence-corrected chi connectivity index (χ1v) is 9.53. The van der Waals surface area contributed by atoms with Crippen LogP contribution >= 0.6 is 35.7 Å². The lowest BCUT2D eigenvalue weighted by Crippen LogP contribution is -2.43. The summed E-state index contributed by atoms with van der Waals surface area (Å²) in [5.74, 6) is 0.856. The summed E-state index contributed by atoms with van der Waals surface area (Å²) in [6.45, 7) is 1.94. The van der Waals surface area contributed by atoms with Crippen molar-refractivity contribution in [2.45, 2.75) is 22.5 Å². The highest BCUT2D eigenvalue weighted by Gasteiger charge is 2.43. The standard InChI is InChI=1S/C19H24N4O2S.HI/c1-20-18(22-12-11-21-17(24)16-8-5-13-25-16)23-14-19(9-10-19)26-15-6-3-2-4-7-15;/h2-8,13H,9-12,14H2,1H3,(H,21,24)(H2,20,22,23);1H. The molecule has 0 aliphatic heterocycles. The molecule has 0 bridgehead atoms. The van der Waals surface area contributed by atoms with Crippen molar-refractivity contribution in [1.29, 1.82) is 0 Å². The normalized spacial score (nSPS) is 14.8. The second kappa shape index (κ2) is 10.6. The maximum atomic E-state index is 11.8. The van der Waals surface area contributed by atoms with Crippen molar-refractivity contribution in [3.05, 3.63) is 54.5 Å². The molecular formula is C19H25IN4O2S. The van der Waals surface area contributed by atoms with E-state index in [1.807, 2.05) is 17.8 Å². The molecule has 2 aromatic rings. The third-order valence-electron chi connectivity index (χ3n) is 4.13. The van der Waals surface area contributed by atoms with Gasteiger partial charge in [-0.2, -0.15) is 0 Å². The average molecular weight is 500 g/mol. The third-order valence-corrected chi connectivity index (χ3v) is 5.63. The van der Waals surface area contributed by atoms with Gasteiger partial charge < -0.3 is 20.4 Å². The van der Waals surface area contributed by atoms with Gasteiger partial charge in [0.25, 0.3) is 5.91 Å². The van der Waals surface area contributed by atoms with Crippen LogP contribution in [0, 0.1) is 0 Å². The van der Waals surface area contributed by atoms with Gasteiger partial charge in [0.1, 0.15) is 0 Å². The Hall–Kier alpha value is -1.68. The molecule has 1 aromatic carbocycles. The van der Waals surface area contributed by atoms with Crippen LogP contribution in [0.2, 0.25) is 0 Å². The van der Waals surface area contributed by atoms with Gasteiger partial charge in [-0.1, -0.05) is 18.2 Å². The molecule has 1 saturated carbocycles. The minimum atomic E-state index is -0.212. The molecule has 0 saturated heterocycles. The molecule has 1 aliphatic carbocycles. The summed E-state index contributed by atoms with van der Waals surface area (Å²) in [6, 6.07) is 13.8. The first-order valence-electron chi connectivity index (χ1n) is 8.71. The quantitative estimate of drug-likeness (QED) is 0.225. The number of guanidine groups is 1. The second-order valence-electron chi connectivity index (χ2n) is 6.18.